The average Bonchev–Trinajstić information content (AvgIpc) is 2.37. The van der Waals surface area contributed by atoms with Gasteiger partial charge in [0.1, 0.15) is 11.7 Å². The van der Waals surface area contributed by atoms with E-state index in [2.05, 4.69) is 10.3 Å². The van der Waals surface area contributed by atoms with Gasteiger partial charge < -0.3 is 10.4 Å². The summed E-state index contributed by atoms with van der Waals surface area (Å²) in [4.78, 5) is 25.9. The number of hydrogen-bond donors (Lipinski definition) is 2. The molecule has 1 amide bonds. The fourth-order valence-corrected chi connectivity index (χ4v) is 1.47. The van der Waals surface area contributed by atoms with E-state index in [1.165, 1.54) is 0 Å². The van der Waals surface area contributed by atoms with Gasteiger partial charge in [-0.1, -0.05) is 13.3 Å². The zero-order valence-electron chi connectivity index (χ0n) is 10.6. The first-order chi connectivity index (χ1) is 9.25. The number of aliphatic carboxylic acids is 1. The predicted octanol–water partition coefficient (Wildman–Crippen LogP) is 2.08. The summed E-state index contributed by atoms with van der Waals surface area (Å²) < 4.78 is 37.0. The van der Waals surface area contributed by atoms with E-state index < -0.39 is 29.7 Å². The number of rotatable bonds is 5. The molecule has 0 aliphatic rings. The third kappa shape index (κ3) is 4.22. The van der Waals surface area contributed by atoms with Gasteiger partial charge in [-0.2, -0.15) is 13.2 Å². The van der Waals surface area contributed by atoms with Crippen molar-refractivity contribution in [3.05, 3.63) is 29.6 Å². The van der Waals surface area contributed by atoms with Crippen molar-refractivity contribution >= 4 is 11.9 Å². The number of halogens is 3. The van der Waals surface area contributed by atoms with Gasteiger partial charge in [-0.3, -0.25) is 9.78 Å². The Hall–Kier alpha value is -2.12. The quantitative estimate of drug-likeness (QED) is 0.870. The minimum Gasteiger partial charge on any atom is -0.480 e. The number of nitrogens with one attached hydrogen (secondary N) is 1. The third-order valence-corrected chi connectivity index (χ3v) is 2.50. The highest BCUT2D eigenvalue weighted by molar-refractivity contribution is 5.94. The first-order valence-corrected chi connectivity index (χ1v) is 5.82. The van der Waals surface area contributed by atoms with Crippen LogP contribution in [0.3, 0.4) is 0 Å². The van der Waals surface area contributed by atoms with Crippen LogP contribution < -0.4 is 5.32 Å². The SMILES string of the molecule is CCCC(NC(=O)c1ccc(C(F)(F)F)cn1)C(=O)O. The summed E-state index contributed by atoms with van der Waals surface area (Å²) in [6.45, 7) is 1.75. The number of carbonyl (C=O) groups is 2. The molecule has 1 aromatic rings. The number of amides is 1. The molecule has 0 fully saturated rings. The molecule has 0 aliphatic heterocycles. The van der Waals surface area contributed by atoms with Crippen molar-refractivity contribution in [3.63, 3.8) is 0 Å². The number of carboxylic acid groups (broad SMARTS) is 1. The molecule has 2 N–H and O–H groups in total. The lowest BCUT2D eigenvalue weighted by Crippen LogP contribution is -2.40. The zero-order valence-corrected chi connectivity index (χ0v) is 10.6. The minimum atomic E-state index is -4.53. The van der Waals surface area contributed by atoms with Crippen LogP contribution in [-0.4, -0.2) is 28.0 Å². The molecule has 5 nitrogen and oxygen atoms in total. The number of alkyl halides is 3. The molecule has 1 aromatic heterocycles. The van der Waals surface area contributed by atoms with Crippen molar-refractivity contribution in [2.75, 3.05) is 0 Å². The van der Waals surface area contributed by atoms with E-state index in [0.717, 1.165) is 12.1 Å². The molecule has 1 atom stereocenters. The largest absolute Gasteiger partial charge is 0.480 e. The second-order valence-electron chi connectivity index (χ2n) is 4.08. The van der Waals surface area contributed by atoms with Gasteiger partial charge >= 0.3 is 12.1 Å². The molecule has 8 heteroatoms. The molecule has 1 unspecified atom stereocenters. The predicted molar refractivity (Wildman–Crippen MR) is 63.0 cm³/mol. The highest BCUT2D eigenvalue weighted by Crippen LogP contribution is 2.28. The molecule has 0 spiro atoms. The fraction of sp³-hybridized carbons (Fsp3) is 0.417. The first-order valence-electron chi connectivity index (χ1n) is 5.82. The van der Waals surface area contributed by atoms with Crippen molar-refractivity contribution in [2.24, 2.45) is 0 Å². The summed E-state index contributed by atoms with van der Waals surface area (Å²) in [5, 5.41) is 11.1. The third-order valence-electron chi connectivity index (χ3n) is 2.50. The minimum absolute atomic E-state index is 0.224. The molecule has 0 bridgehead atoms. The highest BCUT2D eigenvalue weighted by Gasteiger charge is 2.31. The maximum atomic E-state index is 12.3. The Kier molecular flexibility index (Phi) is 5.06. The van der Waals surface area contributed by atoms with Gasteiger partial charge in [0.15, 0.2) is 0 Å². The Bertz CT molecular complexity index is 486. The summed E-state index contributed by atoms with van der Waals surface area (Å²) in [5.74, 6) is -2.02. The molecule has 1 heterocycles. The van der Waals surface area contributed by atoms with E-state index in [0.29, 0.717) is 12.6 Å². The Morgan fingerprint density at radius 3 is 2.45 bits per heavy atom. The molecule has 0 aromatic carbocycles. The first kappa shape index (κ1) is 15.9. The van der Waals surface area contributed by atoms with Crippen molar-refractivity contribution < 1.29 is 27.9 Å². The smallest absolute Gasteiger partial charge is 0.417 e. The summed E-state index contributed by atoms with van der Waals surface area (Å²) in [6.07, 6.45) is -3.24. The van der Waals surface area contributed by atoms with E-state index in [-0.39, 0.29) is 12.1 Å². The Morgan fingerprint density at radius 2 is 2.05 bits per heavy atom. The lowest BCUT2D eigenvalue weighted by atomic mass is 10.1. The van der Waals surface area contributed by atoms with E-state index in [1.54, 1.807) is 6.92 Å². The molecular weight excluding hydrogens is 277 g/mol. The van der Waals surface area contributed by atoms with Gasteiger partial charge in [0.2, 0.25) is 0 Å². The second kappa shape index (κ2) is 6.36. The summed E-state index contributed by atoms with van der Waals surface area (Å²) >= 11 is 0. The standard InChI is InChI=1S/C12H13F3N2O3/c1-2-3-9(11(19)20)17-10(18)8-5-4-7(6-16-8)12(13,14)15/h4-6,9H,2-3H2,1H3,(H,17,18)(H,19,20). The van der Waals surface area contributed by atoms with Gasteiger partial charge in [-0.05, 0) is 18.6 Å². The van der Waals surface area contributed by atoms with Crippen LogP contribution in [0.4, 0.5) is 13.2 Å². The average molecular weight is 290 g/mol. The van der Waals surface area contributed by atoms with Gasteiger partial charge in [-0.25, -0.2) is 4.79 Å². The molecule has 0 aliphatic carbocycles. The molecular formula is C12H13F3N2O3. The van der Waals surface area contributed by atoms with Gasteiger partial charge in [-0.15, -0.1) is 0 Å². The number of aromatic nitrogens is 1. The van der Waals surface area contributed by atoms with Gasteiger partial charge in [0.05, 0.1) is 5.56 Å². The Balaban J connectivity index is 2.80. The van der Waals surface area contributed by atoms with Crippen LogP contribution in [0.5, 0.6) is 0 Å². The fourth-order valence-electron chi connectivity index (χ4n) is 1.47. The Morgan fingerprint density at radius 1 is 1.40 bits per heavy atom. The summed E-state index contributed by atoms with van der Waals surface area (Å²) in [6, 6.07) is 0.539. The maximum Gasteiger partial charge on any atom is 0.417 e. The van der Waals surface area contributed by atoms with E-state index in [4.69, 9.17) is 5.11 Å². The van der Waals surface area contributed by atoms with Crippen LogP contribution in [0.2, 0.25) is 0 Å². The van der Waals surface area contributed by atoms with Crippen molar-refractivity contribution in [3.8, 4) is 0 Å². The van der Waals surface area contributed by atoms with Crippen LogP contribution >= 0.6 is 0 Å². The van der Waals surface area contributed by atoms with E-state index >= 15 is 0 Å². The van der Waals surface area contributed by atoms with Gasteiger partial charge in [0, 0.05) is 6.20 Å². The number of pyridine rings is 1. The van der Waals surface area contributed by atoms with Gasteiger partial charge in [0.25, 0.3) is 5.91 Å². The van der Waals surface area contributed by atoms with E-state index in [1.807, 2.05) is 0 Å². The maximum absolute atomic E-state index is 12.3. The number of nitrogens with zero attached hydrogens (tertiary/aromatic N) is 1. The highest BCUT2D eigenvalue weighted by atomic mass is 19.4. The number of hydrogen-bond acceptors (Lipinski definition) is 3. The van der Waals surface area contributed by atoms with Crippen molar-refractivity contribution in [1.82, 2.24) is 10.3 Å². The molecule has 1 rings (SSSR count). The van der Waals surface area contributed by atoms with Crippen molar-refractivity contribution in [1.29, 1.82) is 0 Å². The normalized spacial score (nSPS) is 12.8. The molecule has 110 valence electrons. The zero-order chi connectivity index (χ0) is 15.3. The van der Waals surface area contributed by atoms with Crippen LogP contribution in [0.25, 0.3) is 0 Å². The second-order valence-corrected chi connectivity index (χ2v) is 4.08. The topological polar surface area (TPSA) is 79.3 Å². The molecule has 0 saturated carbocycles. The summed E-state index contributed by atoms with van der Waals surface area (Å²) in [5.41, 5.74) is -1.24. The van der Waals surface area contributed by atoms with Crippen LogP contribution in [0, 0.1) is 0 Å². The number of carboxylic acids is 1. The monoisotopic (exact) mass is 290 g/mol. The van der Waals surface area contributed by atoms with Crippen LogP contribution in [0.1, 0.15) is 35.8 Å². The van der Waals surface area contributed by atoms with Crippen LogP contribution in [0.15, 0.2) is 18.3 Å². The summed E-state index contributed by atoms with van der Waals surface area (Å²) in [7, 11) is 0. The lowest BCUT2D eigenvalue weighted by Gasteiger charge is -2.13. The molecule has 0 radical (unpaired) electrons. The molecule has 0 saturated heterocycles. The van der Waals surface area contributed by atoms with Crippen molar-refractivity contribution in [2.45, 2.75) is 32.0 Å². The van der Waals surface area contributed by atoms with Crippen LogP contribution in [-0.2, 0) is 11.0 Å². The number of carbonyl (C=O) groups excluding carboxylic acids is 1. The van der Waals surface area contributed by atoms with E-state index in [9.17, 15) is 22.8 Å². The molecule has 20 heavy (non-hydrogen) atoms. The Labute approximate surface area is 112 Å². The lowest BCUT2D eigenvalue weighted by molar-refractivity contribution is -0.139.